The first kappa shape index (κ1) is 22.4. The smallest absolute Gasteiger partial charge is 0.408 e. The summed E-state index contributed by atoms with van der Waals surface area (Å²) in [7, 11) is 1.25. The van der Waals surface area contributed by atoms with E-state index in [1.165, 1.54) is 7.11 Å². The first-order valence-electron chi connectivity index (χ1n) is 9.43. The number of carbonyl (C=O) groups excluding carboxylic acids is 2. The summed E-state index contributed by atoms with van der Waals surface area (Å²) < 4.78 is 20.9. The molecule has 0 saturated heterocycles. The predicted molar refractivity (Wildman–Crippen MR) is 107 cm³/mol. The normalized spacial score (nSPS) is 11.5. The monoisotopic (exact) mass is 401 g/mol. The molecule has 7 heteroatoms. The van der Waals surface area contributed by atoms with Gasteiger partial charge in [-0.05, 0) is 17.5 Å². The van der Waals surface area contributed by atoms with Crippen LogP contribution >= 0.6 is 0 Å². The van der Waals surface area contributed by atoms with Gasteiger partial charge in [-0.15, -0.1) is 0 Å². The van der Waals surface area contributed by atoms with E-state index in [4.69, 9.17) is 18.9 Å². The minimum Gasteiger partial charge on any atom is -0.467 e. The van der Waals surface area contributed by atoms with Gasteiger partial charge in [0.15, 0.2) is 6.04 Å². The molecule has 0 heterocycles. The van der Waals surface area contributed by atoms with Crippen molar-refractivity contribution >= 4 is 12.1 Å². The van der Waals surface area contributed by atoms with Crippen molar-refractivity contribution in [2.24, 2.45) is 0 Å². The Morgan fingerprint density at radius 2 is 1.45 bits per heavy atom. The van der Waals surface area contributed by atoms with Crippen LogP contribution in [0.1, 0.15) is 17.5 Å². The van der Waals surface area contributed by atoms with Gasteiger partial charge in [0.1, 0.15) is 6.61 Å². The van der Waals surface area contributed by atoms with Crippen LogP contribution in [0.3, 0.4) is 0 Å². The highest BCUT2D eigenvalue weighted by Crippen LogP contribution is 2.02. The lowest BCUT2D eigenvalue weighted by Gasteiger charge is -2.16. The molecular formula is C22H27NO6. The zero-order valence-corrected chi connectivity index (χ0v) is 16.5. The van der Waals surface area contributed by atoms with Gasteiger partial charge in [-0.3, -0.25) is 0 Å². The van der Waals surface area contributed by atoms with Crippen LogP contribution in [0.4, 0.5) is 4.79 Å². The molecule has 1 N–H and O–H groups in total. The van der Waals surface area contributed by atoms with Crippen molar-refractivity contribution < 1.29 is 28.5 Å². The van der Waals surface area contributed by atoms with Crippen molar-refractivity contribution in [2.75, 3.05) is 26.9 Å². The summed E-state index contributed by atoms with van der Waals surface area (Å²) in [6.07, 6.45) is -0.0434. The van der Waals surface area contributed by atoms with Gasteiger partial charge in [0, 0.05) is 13.2 Å². The fourth-order valence-electron chi connectivity index (χ4n) is 2.45. The third kappa shape index (κ3) is 9.23. The lowest BCUT2D eigenvalue weighted by Crippen LogP contribution is -2.45. The van der Waals surface area contributed by atoms with E-state index in [2.05, 4.69) is 5.32 Å². The Labute approximate surface area is 170 Å². The van der Waals surface area contributed by atoms with E-state index in [0.717, 1.165) is 11.1 Å². The number of rotatable bonds is 12. The van der Waals surface area contributed by atoms with Crippen LogP contribution in [0, 0.1) is 0 Å². The van der Waals surface area contributed by atoms with E-state index >= 15 is 0 Å². The van der Waals surface area contributed by atoms with Gasteiger partial charge in [0.05, 0.1) is 20.3 Å². The third-order valence-corrected chi connectivity index (χ3v) is 3.96. The predicted octanol–water partition coefficient (Wildman–Crippen LogP) is 3.08. The summed E-state index contributed by atoms with van der Waals surface area (Å²) in [6, 6.07) is 18.2. The molecule has 0 radical (unpaired) electrons. The number of hydrogen-bond donors (Lipinski definition) is 1. The van der Waals surface area contributed by atoms with Gasteiger partial charge < -0.3 is 24.3 Å². The second-order valence-corrected chi connectivity index (χ2v) is 6.25. The van der Waals surface area contributed by atoms with E-state index in [9.17, 15) is 9.59 Å². The Hall–Kier alpha value is -2.90. The minimum absolute atomic E-state index is 0.00814. The van der Waals surface area contributed by atoms with E-state index in [0.29, 0.717) is 26.2 Å². The number of amides is 1. The van der Waals surface area contributed by atoms with Crippen molar-refractivity contribution in [1.29, 1.82) is 0 Å². The largest absolute Gasteiger partial charge is 0.467 e. The summed E-state index contributed by atoms with van der Waals surface area (Å²) in [5, 5.41) is 2.47. The van der Waals surface area contributed by atoms with Gasteiger partial charge >= 0.3 is 12.1 Å². The van der Waals surface area contributed by atoms with Crippen LogP contribution in [0.25, 0.3) is 0 Å². The number of nitrogens with one attached hydrogen (secondary N) is 1. The van der Waals surface area contributed by atoms with Crippen molar-refractivity contribution in [1.82, 2.24) is 5.32 Å². The van der Waals surface area contributed by atoms with Crippen molar-refractivity contribution in [3.8, 4) is 0 Å². The molecule has 1 atom stereocenters. The lowest BCUT2D eigenvalue weighted by atomic mass is 10.2. The van der Waals surface area contributed by atoms with Gasteiger partial charge in [-0.2, -0.15) is 0 Å². The fourth-order valence-corrected chi connectivity index (χ4v) is 2.45. The molecule has 0 unspecified atom stereocenters. The van der Waals surface area contributed by atoms with Crippen molar-refractivity contribution in [3.63, 3.8) is 0 Å². The van der Waals surface area contributed by atoms with Crippen LogP contribution in [0.2, 0.25) is 0 Å². The lowest BCUT2D eigenvalue weighted by molar-refractivity contribution is -0.144. The maximum Gasteiger partial charge on any atom is 0.408 e. The molecule has 0 spiro atoms. The van der Waals surface area contributed by atoms with Crippen LogP contribution < -0.4 is 5.32 Å². The van der Waals surface area contributed by atoms with Crippen LogP contribution in [0.5, 0.6) is 0 Å². The molecule has 0 aromatic heterocycles. The Morgan fingerprint density at radius 1 is 0.862 bits per heavy atom. The number of carbonyl (C=O) groups is 2. The zero-order chi connectivity index (χ0) is 20.7. The molecule has 2 aromatic carbocycles. The third-order valence-electron chi connectivity index (χ3n) is 3.96. The van der Waals surface area contributed by atoms with E-state index in [1.54, 1.807) is 0 Å². The van der Waals surface area contributed by atoms with Crippen molar-refractivity contribution in [2.45, 2.75) is 25.7 Å². The standard InChI is InChI=1S/C22H27NO6/c1-26-21(24)20(23-22(25)29-16-19-11-6-3-7-12-19)17-28-14-8-13-27-15-18-9-4-2-5-10-18/h2-7,9-12,20H,8,13-17H2,1H3,(H,23,25)/t20-/m0/s1. The Balaban J connectivity index is 1.62. The minimum atomic E-state index is -0.937. The molecule has 0 aliphatic rings. The molecule has 0 aliphatic heterocycles. The molecule has 2 rings (SSSR count). The first-order valence-corrected chi connectivity index (χ1v) is 9.43. The molecule has 2 aromatic rings. The number of benzene rings is 2. The molecule has 7 nitrogen and oxygen atoms in total. The number of hydrogen-bond acceptors (Lipinski definition) is 6. The van der Waals surface area contributed by atoms with Crippen LogP contribution in [-0.2, 0) is 37.0 Å². The summed E-state index contributed by atoms with van der Waals surface area (Å²) >= 11 is 0. The molecular weight excluding hydrogens is 374 g/mol. The summed E-state index contributed by atoms with van der Waals surface area (Å²) in [5.74, 6) is -0.595. The average Bonchev–Trinajstić information content (AvgIpc) is 2.77. The van der Waals surface area contributed by atoms with Crippen LogP contribution in [-0.4, -0.2) is 45.0 Å². The SMILES string of the molecule is COC(=O)[C@H](COCCCOCc1ccccc1)NC(=O)OCc1ccccc1. The molecule has 0 fully saturated rings. The number of alkyl carbamates (subject to hydrolysis) is 1. The number of esters is 1. The highest BCUT2D eigenvalue weighted by atomic mass is 16.6. The van der Waals surface area contributed by atoms with E-state index < -0.39 is 18.1 Å². The highest BCUT2D eigenvalue weighted by molar-refractivity contribution is 5.81. The Bertz CT molecular complexity index is 723. The second-order valence-electron chi connectivity index (χ2n) is 6.25. The topological polar surface area (TPSA) is 83.1 Å². The highest BCUT2D eigenvalue weighted by Gasteiger charge is 2.22. The van der Waals surface area contributed by atoms with E-state index in [1.807, 2.05) is 60.7 Å². The summed E-state index contributed by atoms with van der Waals surface area (Å²) in [6.45, 7) is 1.57. The molecule has 29 heavy (non-hydrogen) atoms. The zero-order valence-electron chi connectivity index (χ0n) is 16.5. The molecule has 1 amide bonds. The number of methoxy groups -OCH3 is 1. The molecule has 0 saturated carbocycles. The maximum atomic E-state index is 11.9. The van der Waals surface area contributed by atoms with Gasteiger partial charge in [0.2, 0.25) is 0 Å². The maximum absolute atomic E-state index is 11.9. The first-order chi connectivity index (χ1) is 14.2. The molecule has 156 valence electrons. The summed E-state index contributed by atoms with van der Waals surface area (Å²) in [5.41, 5.74) is 1.96. The van der Waals surface area contributed by atoms with Gasteiger partial charge in [-0.1, -0.05) is 60.7 Å². The fraction of sp³-hybridized carbons (Fsp3) is 0.364. The molecule has 0 aliphatic carbocycles. The Kier molecular flexibility index (Phi) is 10.3. The van der Waals surface area contributed by atoms with Crippen LogP contribution in [0.15, 0.2) is 60.7 Å². The summed E-state index contributed by atoms with van der Waals surface area (Å²) in [4.78, 5) is 23.8. The Morgan fingerprint density at radius 3 is 2.07 bits per heavy atom. The molecule has 0 bridgehead atoms. The average molecular weight is 401 g/mol. The quantitative estimate of drug-likeness (QED) is 0.435. The van der Waals surface area contributed by atoms with Gasteiger partial charge in [-0.25, -0.2) is 9.59 Å². The van der Waals surface area contributed by atoms with Gasteiger partial charge in [0.25, 0.3) is 0 Å². The van der Waals surface area contributed by atoms with Crippen molar-refractivity contribution in [3.05, 3.63) is 71.8 Å². The van der Waals surface area contributed by atoms with E-state index in [-0.39, 0.29) is 13.2 Å². The number of ether oxygens (including phenoxy) is 4. The second kappa shape index (κ2) is 13.3.